The van der Waals surface area contributed by atoms with E-state index in [1.165, 1.54) is 4.90 Å². The molecule has 0 radical (unpaired) electrons. The monoisotopic (exact) mass is 365 g/mol. The van der Waals surface area contributed by atoms with Crippen molar-refractivity contribution in [2.45, 2.75) is 46.1 Å². The van der Waals surface area contributed by atoms with Gasteiger partial charge in [0.2, 0.25) is 0 Å². The van der Waals surface area contributed by atoms with E-state index in [1.54, 1.807) is 0 Å². The first-order chi connectivity index (χ1) is 12.9. The van der Waals surface area contributed by atoms with E-state index in [-0.39, 0.29) is 11.2 Å². The molecule has 3 rings (SSSR count). The molecule has 0 aliphatic heterocycles. The lowest BCUT2D eigenvalue weighted by Crippen LogP contribution is -2.40. The Morgan fingerprint density at radius 2 is 1.48 bits per heavy atom. The summed E-state index contributed by atoms with van der Waals surface area (Å²) in [5.74, 6) is 0.375. The maximum Gasteiger partial charge on any atom is 0.419 e. The van der Waals surface area contributed by atoms with Crippen LogP contribution in [-0.4, -0.2) is 18.0 Å². The first-order valence-corrected chi connectivity index (χ1v) is 9.50. The van der Waals surface area contributed by atoms with Gasteiger partial charge in [0.25, 0.3) is 0 Å². The molecule has 1 amide bonds. The van der Waals surface area contributed by atoms with Crippen molar-refractivity contribution in [3.8, 4) is 0 Å². The summed E-state index contributed by atoms with van der Waals surface area (Å²) in [4.78, 5) is 27.0. The highest BCUT2D eigenvalue weighted by Crippen LogP contribution is 2.38. The average molecular weight is 365 g/mol. The summed E-state index contributed by atoms with van der Waals surface area (Å²) in [6.45, 7) is 6.52. The third kappa shape index (κ3) is 4.57. The number of nitrogens with zero attached hydrogens (tertiary/aromatic N) is 1. The van der Waals surface area contributed by atoms with E-state index in [4.69, 9.17) is 4.74 Å². The molecule has 27 heavy (non-hydrogen) atoms. The van der Waals surface area contributed by atoms with E-state index in [0.29, 0.717) is 30.1 Å². The lowest BCUT2D eigenvalue weighted by Gasteiger charge is -2.37. The molecule has 1 aliphatic rings. The van der Waals surface area contributed by atoms with Gasteiger partial charge in [0.05, 0.1) is 11.4 Å². The maximum absolute atomic E-state index is 13.1. The van der Waals surface area contributed by atoms with Gasteiger partial charge in [-0.2, -0.15) is 0 Å². The molecule has 0 bridgehead atoms. The van der Waals surface area contributed by atoms with Crippen LogP contribution in [0, 0.1) is 11.3 Å². The minimum absolute atomic E-state index is 0.0184. The van der Waals surface area contributed by atoms with E-state index in [2.05, 4.69) is 20.8 Å². The molecule has 4 nitrogen and oxygen atoms in total. The zero-order chi connectivity index (χ0) is 19.4. The minimum atomic E-state index is -0.676. The molecule has 0 unspecified atom stereocenters. The smallest absolute Gasteiger partial charge is 0.419 e. The highest BCUT2D eigenvalue weighted by Gasteiger charge is 2.37. The van der Waals surface area contributed by atoms with Gasteiger partial charge < -0.3 is 4.74 Å². The molecule has 2 aromatic rings. The SMILES string of the molecule is CC(C)(C)[C@H]1CCC(=O)[C@@H](OC(=O)N(c2ccccc2)c2ccccc2)C1. The molecular formula is C23H27NO3. The number of para-hydroxylation sites is 2. The number of carbonyl (C=O) groups excluding carboxylic acids is 2. The topological polar surface area (TPSA) is 46.6 Å². The van der Waals surface area contributed by atoms with Crippen LogP contribution in [0.2, 0.25) is 0 Å². The van der Waals surface area contributed by atoms with Crippen LogP contribution < -0.4 is 4.90 Å². The van der Waals surface area contributed by atoms with Crippen LogP contribution in [-0.2, 0) is 9.53 Å². The van der Waals surface area contributed by atoms with Crippen molar-refractivity contribution in [2.75, 3.05) is 4.90 Å². The quantitative estimate of drug-likeness (QED) is 0.696. The number of benzene rings is 2. The fraction of sp³-hybridized carbons (Fsp3) is 0.391. The summed E-state index contributed by atoms with van der Waals surface area (Å²) in [5, 5.41) is 0. The van der Waals surface area contributed by atoms with Gasteiger partial charge in [0.1, 0.15) is 0 Å². The van der Waals surface area contributed by atoms with Crippen LogP contribution in [0.15, 0.2) is 60.7 Å². The fourth-order valence-electron chi connectivity index (χ4n) is 3.57. The lowest BCUT2D eigenvalue weighted by molar-refractivity contribution is -0.132. The van der Waals surface area contributed by atoms with Gasteiger partial charge in [-0.1, -0.05) is 57.2 Å². The summed E-state index contributed by atoms with van der Waals surface area (Å²) < 4.78 is 5.74. The Hall–Kier alpha value is -2.62. The molecule has 2 aromatic carbocycles. The predicted octanol–water partition coefficient (Wildman–Crippen LogP) is 5.75. The Morgan fingerprint density at radius 3 is 1.96 bits per heavy atom. The summed E-state index contributed by atoms with van der Waals surface area (Å²) in [7, 11) is 0. The number of rotatable bonds is 3. The van der Waals surface area contributed by atoms with Crippen molar-refractivity contribution < 1.29 is 14.3 Å². The van der Waals surface area contributed by atoms with E-state index >= 15 is 0 Å². The van der Waals surface area contributed by atoms with E-state index < -0.39 is 12.2 Å². The molecule has 2 atom stereocenters. The summed E-state index contributed by atoms with van der Waals surface area (Å²) in [6.07, 6.45) is 0.727. The number of ketones is 1. The van der Waals surface area contributed by atoms with E-state index in [0.717, 1.165) is 6.42 Å². The first-order valence-electron chi connectivity index (χ1n) is 9.50. The van der Waals surface area contributed by atoms with Crippen molar-refractivity contribution in [1.29, 1.82) is 0 Å². The van der Waals surface area contributed by atoms with Crippen molar-refractivity contribution in [3.63, 3.8) is 0 Å². The molecule has 0 N–H and O–H groups in total. The van der Waals surface area contributed by atoms with Gasteiger partial charge in [-0.25, -0.2) is 9.69 Å². The Balaban J connectivity index is 1.83. The van der Waals surface area contributed by atoms with Gasteiger partial charge >= 0.3 is 6.09 Å². The number of hydrogen-bond donors (Lipinski definition) is 0. The average Bonchev–Trinajstić information content (AvgIpc) is 2.64. The predicted molar refractivity (Wildman–Crippen MR) is 107 cm³/mol. The zero-order valence-electron chi connectivity index (χ0n) is 16.2. The van der Waals surface area contributed by atoms with Crippen molar-refractivity contribution in [1.82, 2.24) is 0 Å². The molecule has 4 heteroatoms. The molecule has 0 spiro atoms. The highest BCUT2D eigenvalue weighted by molar-refractivity contribution is 5.97. The Bertz CT molecular complexity index is 741. The molecule has 142 valence electrons. The normalized spacial score (nSPS) is 20.2. The number of ether oxygens (including phenoxy) is 1. The second-order valence-electron chi connectivity index (χ2n) is 8.18. The lowest BCUT2D eigenvalue weighted by atomic mass is 9.71. The molecule has 1 saturated carbocycles. The standard InChI is InChI=1S/C23H27NO3/c1-23(2,3)17-14-15-20(25)21(16-17)27-22(26)24(18-10-6-4-7-11-18)19-12-8-5-9-13-19/h4-13,17,21H,14-16H2,1-3H3/t17-,21-/m0/s1. The van der Waals surface area contributed by atoms with Gasteiger partial charge in [-0.3, -0.25) is 4.79 Å². The van der Waals surface area contributed by atoms with Crippen LogP contribution in [0.1, 0.15) is 40.0 Å². The molecular weight excluding hydrogens is 338 g/mol. The minimum Gasteiger partial charge on any atom is -0.438 e. The second-order valence-corrected chi connectivity index (χ2v) is 8.18. The first kappa shape index (κ1) is 19.2. The molecule has 0 heterocycles. The Kier molecular flexibility index (Phi) is 5.64. The third-order valence-electron chi connectivity index (χ3n) is 5.28. The highest BCUT2D eigenvalue weighted by atomic mass is 16.6. The van der Waals surface area contributed by atoms with Crippen molar-refractivity contribution in [3.05, 3.63) is 60.7 Å². The van der Waals surface area contributed by atoms with E-state index in [9.17, 15) is 9.59 Å². The van der Waals surface area contributed by atoms with Crippen molar-refractivity contribution >= 4 is 23.3 Å². The molecule has 1 fully saturated rings. The summed E-state index contributed by atoms with van der Waals surface area (Å²) >= 11 is 0. The second kappa shape index (κ2) is 7.95. The zero-order valence-corrected chi connectivity index (χ0v) is 16.2. The van der Waals surface area contributed by atoms with Crippen LogP contribution in [0.25, 0.3) is 0 Å². The van der Waals surface area contributed by atoms with Gasteiger partial charge in [-0.05, 0) is 48.4 Å². The number of Topliss-reactive ketones (excluding diaryl/α,β-unsaturated/α-hetero) is 1. The summed E-state index contributed by atoms with van der Waals surface area (Å²) in [5.41, 5.74) is 1.51. The summed E-state index contributed by atoms with van der Waals surface area (Å²) in [6, 6.07) is 18.7. The van der Waals surface area contributed by atoms with Gasteiger partial charge in [0.15, 0.2) is 11.9 Å². The van der Waals surface area contributed by atoms with Crippen molar-refractivity contribution in [2.24, 2.45) is 11.3 Å². The number of hydrogen-bond acceptors (Lipinski definition) is 3. The van der Waals surface area contributed by atoms with Crippen LogP contribution >= 0.6 is 0 Å². The largest absolute Gasteiger partial charge is 0.438 e. The molecule has 0 saturated heterocycles. The molecule has 0 aromatic heterocycles. The van der Waals surface area contributed by atoms with Crippen LogP contribution in [0.3, 0.4) is 0 Å². The Morgan fingerprint density at radius 1 is 0.963 bits per heavy atom. The van der Waals surface area contributed by atoms with Gasteiger partial charge in [0, 0.05) is 6.42 Å². The van der Waals surface area contributed by atoms with E-state index in [1.807, 2.05) is 60.7 Å². The Labute approximate surface area is 161 Å². The maximum atomic E-state index is 13.1. The van der Waals surface area contributed by atoms with Gasteiger partial charge in [-0.15, -0.1) is 0 Å². The molecule has 1 aliphatic carbocycles. The third-order valence-corrected chi connectivity index (χ3v) is 5.28. The fourth-order valence-corrected chi connectivity index (χ4v) is 3.57. The number of carbonyl (C=O) groups is 2. The van der Waals surface area contributed by atoms with Crippen LogP contribution in [0.4, 0.5) is 16.2 Å². The number of anilines is 2. The number of amides is 1. The van der Waals surface area contributed by atoms with Crippen LogP contribution in [0.5, 0.6) is 0 Å².